The van der Waals surface area contributed by atoms with E-state index in [0.717, 1.165) is 56.2 Å². The summed E-state index contributed by atoms with van der Waals surface area (Å²) in [6, 6.07) is 14.5. The molecule has 1 aliphatic heterocycles. The molecule has 3 rings (SSSR count). The Hall–Kier alpha value is -2.24. The molecule has 1 fully saturated rings. The molecule has 0 unspecified atom stereocenters. The summed E-state index contributed by atoms with van der Waals surface area (Å²) in [6.07, 6.45) is 3.33. The van der Waals surface area contributed by atoms with Gasteiger partial charge >= 0.3 is 0 Å². The summed E-state index contributed by atoms with van der Waals surface area (Å²) in [5.41, 5.74) is 2.53. The first-order valence-electron chi connectivity index (χ1n) is 11.2. The Bertz CT molecular complexity index is 838. The van der Waals surface area contributed by atoms with Gasteiger partial charge in [-0.3, -0.25) is 0 Å². The van der Waals surface area contributed by atoms with Gasteiger partial charge in [0, 0.05) is 24.1 Å². The van der Waals surface area contributed by atoms with Gasteiger partial charge in [-0.25, -0.2) is 0 Å². The maximum absolute atomic E-state index is 6.13. The Labute approximate surface area is 187 Å². The first-order valence-corrected chi connectivity index (χ1v) is 11.2. The highest BCUT2D eigenvalue weighted by atomic mass is 16.5. The molecular formula is C26H37NO4. The lowest BCUT2D eigenvalue weighted by molar-refractivity contribution is -0.0473. The third-order valence-corrected chi connectivity index (χ3v) is 6.48. The molecule has 0 saturated carbocycles. The molecule has 1 saturated heterocycles. The minimum atomic E-state index is 0.0460. The summed E-state index contributed by atoms with van der Waals surface area (Å²) >= 11 is 0. The van der Waals surface area contributed by atoms with Gasteiger partial charge in [0.25, 0.3) is 0 Å². The zero-order chi connectivity index (χ0) is 22.3. The molecule has 2 aromatic rings. The minimum absolute atomic E-state index is 0.0460. The lowest BCUT2D eigenvalue weighted by atomic mass is 9.68. The Morgan fingerprint density at radius 1 is 1.00 bits per heavy atom. The quantitative estimate of drug-likeness (QED) is 0.543. The van der Waals surface area contributed by atoms with Crippen molar-refractivity contribution >= 4 is 0 Å². The predicted molar refractivity (Wildman–Crippen MR) is 124 cm³/mol. The second-order valence-electron chi connectivity index (χ2n) is 8.70. The van der Waals surface area contributed by atoms with Crippen LogP contribution in [0.5, 0.6) is 17.2 Å². The van der Waals surface area contributed by atoms with E-state index >= 15 is 0 Å². The highest BCUT2D eigenvalue weighted by molar-refractivity contribution is 5.43. The van der Waals surface area contributed by atoms with Crippen LogP contribution in [-0.4, -0.2) is 40.6 Å². The van der Waals surface area contributed by atoms with Crippen LogP contribution in [0.25, 0.3) is 0 Å². The molecule has 5 nitrogen and oxygen atoms in total. The summed E-state index contributed by atoms with van der Waals surface area (Å²) in [7, 11) is 5.09. The lowest BCUT2D eigenvalue weighted by Crippen LogP contribution is -2.42. The fourth-order valence-corrected chi connectivity index (χ4v) is 4.62. The van der Waals surface area contributed by atoms with Crippen LogP contribution >= 0.6 is 0 Å². The number of methoxy groups -OCH3 is 3. The molecule has 0 bridgehead atoms. The number of benzene rings is 2. The molecule has 1 aliphatic rings. The third-order valence-electron chi connectivity index (χ3n) is 6.48. The Balaban J connectivity index is 1.73. The van der Waals surface area contributed by atoms with Gasteiger partial charge in [0.05, 0.1) is 27.4 Å². The average Bonchev–Trinajstić information content (AvgIpc) is 2.81. The van der Waals surface area contributed by atoms with Crippen molar-refractivity contribution in [3.63, 3.8) is 0 Å². The fraction of sp³-hybridized carbons (Fsp3) is 0.538. The summed E-state index contributed by atoms with van der Waals surface area (Å²) < 4.78 is 22.7. The van der Waals surface area contributed by atoms with E-state index in [9.17, 15) is 0 Å². The van der Waals surface area contributed by atoms with E-state index in [1.807, 2.05) is 18.2 Å². The molecule has 2 atom stereocenters. The predicted octanol–water partition coefficient (Wildman–Crippen LogP) is 4.97. The minimum Gasteiger partial charge on any atom is -0.496 e. The molecule has 0 spiro atoms. The number of para-hydroxylation sites is 1. The van der Waals surface area contributed by atoms with Crippen LogP contribution in [0.4, 0.5) is 0 Å². The first-order chi connectivity index (χ1) is 15.0. The van der Waals surface area contributed by atoms with Crippen LogP contribution in [0.1, 0.15) is 44.2 Å². The van der Waals surface area contributed by atoms with Crippen molar-refractivity contribution in [2.75, 3.05) is 34.5 Å². The van der Waals surface area contributed by atoms with Crippen molar-refractivity contribution in [1.82, 2.24) is 5.32 Å². The zero-order valence-electron chi connectivity index (χ0n) is 19.6. The second-order valence-corrected chi connectivity index (χ2v) is 8.70. The van der Waals surface area contributed by atoms with Gasteiger partial charge in [-0.2, -0.15) is 0 Å². The molecule has 31 heavy (non-hydrogen) atoms. The SMILES string of the molecule is COc1ccc(CNCC[C@]2(c3ccccc3OC)CCO[C@H](C(C)C)C2)cc1OC. The van der Waals surface area contributed by atoms with Crippen LogP contribution in [0, 0.1) is 5.92 Å². The van der Waals surface area contributed by atoms with Crippen molar-refractivity contribution in [1.29, 1.82) is 0 Å². The highest BCUT2D eigenvalue weighted by Gasteiger charge is 2.40. The molecule has 170 valence electrons. The van der Waals surface area contributed by atoms with E-state index in [2.05, 4.69) is 43.4 Å². The number of rotatable bonds is 10. The normalized spacial score (nSPS) is 21.2. The van der Waals surface area contributed by atoms with Crippen molar-refractivity contribution in [2.24, 2.45) is 5.92 Å². The number of hydrogen-bond donors (Lipinski definition) is 1. The third kappa shape index (κ3) is 5.52. The molecule has 0 radical (unpaired) electrons. The standard InChI is InChI=1S/C26H37NO4/c1-19(2)25-17-26(13-15-31-25,21-8-6-7-9-22(21)28-3)12-14-27-18-20-10-11-23(29-4)24(16-20)30-5/h6-11,16,19,25,27H,12-15,17-18H2,1-5H3/t25-,26-/m0/s1. The van der Waals surface area contributed by atoms with E-state index in [4.69, 9.17) is 18.9 Å². The van der Waals surface area contributed by atoms with E-state index in [1.54, 1.807) is 21.3 Å². The molecule has 5 heteroatoms. The number of nitrogens with one attached hydrogen (secondary N) is 1. The van der Waals surface area contributed by atoms with Crippen molar-refractivity contribution in [2.45, 2.75) is 51.2 Å². The molecule has 1 heterocycles. The molecular weight excluding hydrogens is 390 g/mol. The highest BCUT2D eigenvalue weighted by Crippen LogP contribution is 2.45. The molecule has 0 aliphatic carbocycles. The van der Waals surface area contributed by atoms with Crippen LogP contribution in [-0.2, 0) is 16.7 Å². The maximum Gasteiger partial charge on any atom is 0.161 e. The summed E-state index contributed by atoms with van der Waals surface area (Å²) in [5, 5.41) is 3.64. The summed E-state index contributed by atoms with van der Waals surface area (Å²) in [4.78, 5) is 0. The zero-order valence-corrected chi connectivity index (χ0v) is 19.6. The van der Waals surface area contributed by atoms with Gasteiger partial charge in [0.2, 0.25) is 0 Å². The van der Waals surface area contributed by atoms with Crippen LogP contribution in [0.2, 0.25) is 0 Å². The van der Waals surface area contributed by atoms with Crippen LogP contribution in [0.15, 0.2) is 42.5 Å². The smallest absolute Gasteiger partial charge is 0.161 e. The molecule has 0 aromatic heterocycles. The summed E-state index contributed by atoms with van der Waals surface area (Å²) in [6.45, 7) is 6.98. The summed E-state index contributed by atoms with van der Waals surface area (Å²) in [5.74, 6) is 2.99. The maximum atomic E-state index is 6.13. The van der Waals surface area contributed by atoms with E-state index in [1.165, 1.54) is 11.1 Å². The monoisotopic (exact) mass is 427 g/mol. The van der Waals surface area contributed by atoms with Gasteiger partial charge in [-0.15, -0.1) is 0 Å². The van der Waals surface area contributed by atoms with E-state index in [0.29, 0.717) is 5.92 Å². The van der Waals surface area contributed by atoms with Gasteiger partial charge in [0.15, 0.2) is 11.5 Å². The first kappa shape index (κ1) is 23.4. The topological polar surface area (TPSA) is 49.0 Å². The van der Waals surface area contributed by atoms with Crippen molar-refractivity contribution in [3.8, 4) is 17.2 Å². The van der Waals surface area contributed by atoms with E-state index < -0.39 is 0 Å². The lowest BCUT2D eigenvalue weighted by Gasteiger charge is -2.43. The second kappa shape index (κ2) is 10.9. The fourth-order valence-electron chi connectivity index (χ4n) is 4.62. The van der Waals surface area contributed by atoms with Gasteiger partial charge in [-0.05, 0) is 55.5 Å². The Morgan fingerprint density at radius 3 is 2.45 bits per heavy atom. The molecule has 2 aromatic carbocycles. The molecule has 1 N–H and O–H groups in total. The number of hydrogen-bond acceptors (Lipinski definition) is 5. The van der Waals surface area contributed by atoms with Gasteiger partial charge in [-0.1, -0.05) is 38.1 Å². The van der Waals surface area contributed by atoms with Crippen molar-refractivity contribution < 1.29 is 18.9 Å². The average molecular weight is 428 g/mol. The van der Waals surface area contributed by atoms with Crippen LogP contribution < -0.4 is 19.5 Å². The van der Waals surface area contributed by atoms with Gasteiger partial charge in [0.1, 0.15) is 5.75 Å². The number of ether oxygens (including phenoxy) is 4. The van der Waals surface area contributed by atoms with E-state index in [-0.39, 0.29) is 11.5 Å². The van der Waals surface area contributed by atoms with Crippen LogP contribution in [0.3, 0.4) is 0 Å². The Kier molecular flexibility index (Phi) is 8.22. The molecule has 0 amide bonds. The Morgan fingerprint density at radius 2 is 1.74 bits per heavy atom. The van der Waals surface area contributed by atoms with Crippen molar-refractivity contribution in [3.05, 3.63) is 53.6 Å². The van der Waals surface area contributed by atoms with Gasteiger partial charge < -0.3 is 24.3 Å². The largest absolute Gasteiger partial charge is 0.496 e.